The van der Waals surface area contributed by atoms with Crippen molar-refractivity contribution < 1.29 is 14.6 Å². The average Bonchev–Trinajstić information content (AvgIpc) is 3.20. The van der Waals surface area contributed by atoms with E-state index >= 15 is 0 Å². The second-order valence-corrected chi connectivity index (χ2v) is 11.0. The van der Waals surface area contributed by atoms with Crippen molar-refractivity contribution in [2.24, 2.45) is 34.5 Å². The number of Topliss-reactive ketones (excluding diaryl/α,β-unsaturated/α-hetero) is 1. The van der Waals surface area contributed by atoms with Gasteiger partial charge in [0.1, 0.15) is 11.5 Å². The van der Waals surface area contributed by atoms with E-state index in [1.807, 2.05) is 6.92 Å². The van der Waals surface area contributed by atoms with Crippen LogP contribution in [0.5, 0.6) is 0 Å². The van der Waals surface area contributed by atoms with Gasteiger partial charge in [-0.25, -0.2) is 0 Å². The Morgan fingerprint density at radius 2 is 1.82 bits per heavy atom. The van der Waals surface area contributed by atoms with Crippen molar-refractivity contribution in [2.75, 3.05) is 0 Å². The van der Waals surface area contributed by atoms with Crippen LogP contribution in [0.25, 0.3) is 0 Å². The first-order valence-electron chi connectivity index (χ1n) is 10.9. The van der Waals surface area contributed by atoms with Crippen molar-refractivity contribution in [3.8, 4) is 18.4 Å². The number of nitrogens with zero attached hydrogens (tertiary/aromatic N) is 1. The number of aliphatic hydroxyl groups is 1. The molecule has 9 atom stereocenters. The summed E-state index contributed by atoms with van der Waals surface area (Å²) in [7, 11) is 0. The SMILES string of the molecule is C#CCC1(O)CC[C@H]2[C@@H]3CCC45OC4(C)C(=O)C(C#N)C[C@]5(C)[C@@H]3CC[C@@]21C. The predicted octanol–water partition coefficient (Wildman–Crippen LogP) is 3.62. The smallest absolute Gasteiger partial charge is 0.184 e. The first-order chi connectivity index (χ1) is 13.1. The van der Waals surface area contributed by atoms with Gasteiger partial charge in [-0.3, -0.25) is 4.79 Å². The molecule has 1 N–H and O–H groups in total. The zero-order valence-corrected chi connectivity index (χ0v) is 17.3. The van der Waals surface area contributed by atoms with Gasteiger partial charge in [0.2, 0.25) is 0 Å². The molecule has 5 rings (SSSR count). The molecule has 4 nitrogen and oxygen atoms in total. The van der Waals surface area contributed by atoms with Crippen LogP contribution in [0, 0.1) is 58.2 Å². The Kier molecular flexibility index (Phi) is 3.47. The number of hydrogen-bond acceptors (Lipinski definition) is 4. The van der Waals surface area contributed by atoms with E-state index in [9.17, 15) is 15.2 Å². The Labute approximate surface area is 168 Å². The molecule has 5 aliphatic rings. The predicted molar refractivity (Wildman–Crippen MR) is 104 cm³/mol. The van der Waals surface area contributed by atoms with Crippen LogP contribution < -0.4 is 0 Å². The van der Waals surface area contributed by atoms with Crippen molar-refractivity contribution in [1.82, 2.24) is 0 Å². The van der Waals surface area contributed by atoms with Gasteiger partial charge in [0.25, 0.3) is 0 Å². The molecule has 0 aromatic rings. The van der Waals surface area contributed by atoms with Gasteiger partial charge in [-0.15, -0.1) is 12.3 Å². The number of epoxide rings is 1. The van der Waals surface area contributed by atoms with Crippen LogP contribution in [0.1, 0.15) is 72.1 Å². The van der Waals surface area contributed by atoms with E-state index in [1.54, 1.807) is 0 Å². The van der Waals surface area contributed by atoms with E-state index in [0.29, 0.717) is 30.6 Å². The standard InChI is InChI=1S/C24H31NO3/c1-5-9-23(27)11-8-17-16-6-12-24-21(3,18(16)7-10-20(17,23)2)13-15(14-25)19(26)22(24,4)28-24/h1,15-18,27H,6-13H2,2-4H3/t15?,16-,17-,18+,20-,21+,22?,23?,24?/m0/s1. The molecule has 4 heteroatoms. The first-order valence-corrected chi connectivity index (χ1v) is 10.9. The van der Waals surface area contributed by atoms with Gasteiger partial charge >= 0.3 is 0 Å². The molecule has 1 aliphatic heterocycles. The van der Waals surface area contributed by atoms with E-state index < -0.39 is 17.1 Å². The third-order valence-corrected chi connectivity index (χ3v) is 10.4. The van der Waals surface area contributed by atoms with Crippen LogP contribution in [-0.4, -0.2) is 27.7 Å². The molecule has 4 unspecified atom stereocenters. The molecule has 0 aromatic heterocycles. The number of rotatable bonds is 1. The summed E-state index contributed by atoms with van der Waals surface area (Å²) in [5.74, 6) is 3.58. The molecular weight excluding hydrogens is 350 g/mol. The maximum atomic E-state index is 12.9. The molecule has 0 amide bonds. The summed E-state index contributed by atoms with van der Waals surface area (Å²) in [5, 5.41) is 21.0. The van der Waals surface area contributed by atoms with Crippen LogP contribution in [0.3, 0.4) is 0 Å². The summed E-state index contributed by atoms with van der Waals surface area (Å²) in [6.07, 6.45) is 12.4. The van der Waals surface area contributed by atoms with Crippen LogP contribution in [0.2, 0.25) is 0 Å². The first kappa shape index (κ1) is 18.7. The third kappa shape index (κ3) is 1.75. The highest BCUT2D eigenvalue weighted by Gasteiger charge is 2.84. The highest BCUT2D eigenvalue weighted by molar-refractivity contribution is 5.96. The molecule has 0 aromatic carbocycles. The Hall–Kier alpha value is -1.36. The fraction of sp³-hybridized carbons (Fsp3) is 0.833. The maximum absolute atomic E-state index is 12.9. The van der Waals surface area contributed by atoms with Crippen LogP contribution in [-0.2, 0) is 9.53 Å². The van der Waals surface area contributed by atoms with Gasteiger partial charge < -0.3 is 9.84 Å². The normalized spacial score (nSPS) is 59.1. The zero-order valence-electron chi connectivity index (χ0n) is 17.3. The Bertz CT molecular complexity index is 840. The summed E-state index contributed by atoms with van der Waals surface area (Å²) < 4.78 is 6.29. The number of carbonyl (C=O) groups excluding carboxylic acids is 1. The van der Waals surface area contributed by atoms with Gasteiger partial charge in [0.15, 0.2) is 11.4 Å². The minimum absolute atomic E-state index is 0.00386. The molecule has 150 valence electrons. The lowest BCUT2D eigenvalue weighted by atomic mass is 9.42. The van der Waals surface area contributed by atoms with E-state index in [1.165, 1.54) is 0 Å². The second kappa shape index (κ2) is 5.21. The molecule has 1 spiro atoms. The number of ketones is 1. The monoisotopic (exact) mass is 381 g/mol. The number of ether oxygens (including phenoxy) is 1. The Morgan fingerprint density at radius 3 is 2.50 bits per heavy atom. The molecule has 4 saturated carbocycles. The maximum Gasteiger partial charge on any atom is 0.184 e. The quantitative estimate of drug-likeness (QED) is 0.556. The second-order valence-electron chi connectivity index (χ2n) is 11.0. The molecule has 0 bridgehead atoms. The van der Waals surface area contributed by atoms with E-state index in [2.05, 4.69) is 25.8 Å². The van der Waals surface area contributed by atoms with Gasteiger partial charge in [0.05, 0.1) is 11.7 Å². The summed E-state index contributed by atoms with van der Waals surface area (Å²) in [5.41, 5.74) is -2.18. The number of carbonyl (C=O) groups is 1. The summed E-state index contributed by atoms with van der Waals surface area (Å²) in [4.78, 5) is 12.9. The lowest BCUT2D eigenvalue weighted by molar-refractivity contribution is -0.156. The van der Waals surface area contributed by atoms with Crippen molar-refractivity contribution in [2.45, 2.75) is 88.9 Å². The fourth-order valence-corrected chi connectivity index (χ4v) is 8.80. The Balaban J connectivity index is 1.52. The number of terminal acetylenes is 1. The van der Waals surface area contributed by atoms with Crippen molar-refractivity contribution >= 4 is 5.78 Å². The number of hydrogen-bond donors (Lipinski definition) is 1. The molecule has 28 heavy (non-hydrogen) atoms. The molecule has 4 aliphatic carbocycles. The zero-order chi connectivity index (χ0) is 20.2. The number of nitriles is 1. The van der Waals surface area contributed by atoms with E-state index in [-0.39, 0.29) is 22.2 Å². The minimum atomic E-state index is -0.772. The van der Waals surface area contributed by atoms with Gasteiger partial charge in [-0.05, 0) is 69.6 Å². The van der Waals surface area contributed by atoms with Gasteiger partial charge in [-0.1, -0.05) is 13.8 Å². The molecule has 1 saturated heterocycles. The molecular formula is C24H31NO3. The summed E-state index contributed by atoms with van der Waals surface area (Å²) in [6.45, 7) is 6.47. The van der Waals surface area contributed by atoms with Crippen molar-refractivity contribution in [3.05, 3.63) is 0 Å². The molecule has 5 fully saturated rings. The third-order valence-electron chi connectivity index (χ3n) is 10.4. The molecule has 1 heterocycles. The van der Waals surface area contributed by atoms with Crippen molar-refractivity contribution in [3.63, 3.8) is 0 Å². The van der Waals surface area contributed by atoms with Crippen LogP contribution in [0.15, 0.2) is 0 Å². The average molecular weight is 382 g/mol. The summed E-state index contributed by atoms with van der Waals surface area (Å²) in [6, 6.07) is 2.28. The van der Waals surface area contributed by atoms with Gasteiger partial charge in [-0.2, -0.15) is 5.26 Å². The molecule has 0 radical (unpaired) electrons. The van der Waals surface area contributed by atoms with Crippen molar-refractivity contribution in [1.29, 1.82) is 5.26 Å². The highest BCUT2D eigenvalue weighted by atomic mass is 16.6. The van der Waals surface area contributed by atoms with Gasteiger partial charge in [0, 0.05) is 17.3 Å². The minimum Gasteiger partial charge on any atom is -0.388 e. The van der Waals surface area contributed by atoms with Crippen LogP contribution >= 0.6 is 0 Å². The topological polar surface area (TPSA) is 73.6 Å². The largest absolute Gasteiger partial charge is 0.388 e. The highest BCUT2D eigenvalue weighted by Crippen LogP contribution is 2.76. The number of fused-ring (bicyclic) bond motifs is 4. The summed E-state index contributed by atoms with van der Waals surface area (Å²) >= 11 is 0. The lowest BCUT2D eigenvalue weighted by Gasteiger charge is -2.61. The Morgan fingerprint density at radius 1 is 1.14 bits per heavy atom. The lowest BCUT2D eigenvalue weighted by Crippen LogP contribution is -2.62. The van der Waals surface area contributed by atoms with E-state index in [4.69, 9.17) is 11.2 Å². The van der Waals surface area contributed by atoms with Crippen LogP contribution in [0.4, 0.5) is 0 Å². The van der Waals surface area contributed by atoms with E-state index in [0.717, 1.165) is 38.5 Å². The fourth-order valence-electron chi connectivity index (χ4n) is 8.80.